The molecule has 0 spiro atoms. The van der Waals surface area contributed by atoms with Crippen LogP contribution in [0, 0.1) is 5.82 Å². The molecule has 2 aliphatic rings. The average molecular weight is 409 g/mol. The number of ether oxygens (including phenoxy) is 1. The Hall–Kier alpha value is -3.19. The normalized spacial score (nSPS) is 17.3. The molecular weight excluding hydrogens is 385 g/mol. The monoisotopic (exact) mass is 409 g/mol. The van der Waals surface area contributed by atoms with Crippen LogP contribution in [-0.4, -0.2) is 68.1 Å². The predicted octanol–water partition coefficient (Wildman–Crippen LogP) is 2.37. The van der Waals surface area contributed by atoms with Gasteiger partial charge in [-0.15, -0.1) is 0 Å². The van der Waals surface area contributed by atoms with Crippen LogP contribution in [0.1, 0.15) is 5.56 Å². The molecule has 1 saturated heterocycles. The van der Waals surface area contributed by atoms with Crippen LogP contribution in [0.3, 0.4) is 0 Å². The van der Waals surface area contributed by atoms with Gasteiger partial charge in [0.05, 0.1) is 18.7 Å². The molecule has 2 aromatic rings. The highest BCUT2D eigenvalue weighted by Crippen LogP contribution is 2.32. The van der Waals surface area contributed by atoms with Gasteiger partial charge >= 0.3 is 0 Å². The number of anilines is 1. The van der Waals surface area contributed by atoms with Gasteiger partial charge in [0, 0.05) is 39.0 Å². The van der Waals surface area contributed by atoms with E-state index in [-0.39, 0.29) is 30.8 Å². The number of imide groups is 1. The third-order valence-corrected chi connectivity index (χ3v) is 5.51. The van der Waals surface area contributed by atoms with E-state index >= 15 is 0 Å². The van der Waals surface area contributed by atoms with Crippen LogP contribution in [0.25, 0.3) is 5.57 Å². The standard InChI is InChI=1S/C23H24FN3O3/c1-30-16-15-27-22(28)20(17-7-9-18(24)10-8-17)21(23(27)29)26-13-11-25(12-14-26)19-5-3-2-4-6-19/h2-10H,11-16H2,1H3. The Labute approximate surface area is 175 Å². The van der Waals surface area contributed by atoms with Crippen molar-refractivity contribution in [3.8, 4) is 0 Å². The summed E-state index contributed by atoms with van der Waals surface area (Å²) in [6.07, 6.45) is 0. The van der Waals surface area contributed by atoms with Gasteiger partial charge in [-0.05, 0) is 29.8 Å². The number of nitrogens with zero attached hydrogens (tertiary/aromatic N) is 3. The molecule has 30 heavy (non-hydrogen) atoms. The maximum absolute atomic E-state index is 13.4. The Morgan fingerprint density at radius 1 is 0.867 bits per heavy atom. The third kappa shape index (κ3) is 3.80. The molecule has 0 unspecified atom stereocenters. The molecule has 2 heterocycles. The largest absolute Gasteiger partial charge is 0.383 e. The van der Waals surface area contributed by atoms with Gasteiger partial charge in [-0.3, -0.25) is 14.5 Å². The Kier molecular flexibility index (Phi) is 5.81. The molecule has 0 saturated carbocycles. The van der Waals surface area contributed by atoms with Crippen molar-refractivity contribution in [1.82, 2.24) is 9.80 Å². The second-order valence-corrected chi connectivity index (χ2v) is 7.29. The third-order valence-electron chi connectivity index (χ3n) is 5.51. The highest BCUT2D eigenvalue weighted by Gasteiger charge is 2.41. The summed E-state index contributed by atoms with van der Waals surface area (Å²) in [6.45, 7) is 3.17. The number of carbonyl (C=O) groups excluding carboxylic acids is 2. The number of piperazine rings is 1. The van der Waals surface area contributed by atoms with Crippen molar-refractivity contribution in [1.29, 1.82) is 0 Å². The van der Waals surface area contributed by atoms with E-state index < -0.39 is 0 Å². The van der Waals surface area contributed by atoms with Gasteiger partial charge in [-0.2, -0.15) is 0 Å². The molecule has 7 heteroatoms. The van der Waals surface area contributed by atoms with E-state index in [1.165, 1.54) is 24.1 Å². The molecule has 2 aliphatic heterocycles. The van der Waals surface area contributed by atoms with Gasteiger partial charge < -0.3 is 14.5 Å². The van der Waals surface area contributed by atoms with Gasteiger partial charge in [0.2, 0.25) is 0 Å². The van der Waals surface area contributed by atoms with Crippen LogP contribution in [0.4, 0.5) is 10.1 Å². The molecule has 0 aliphatic carbocycles. The van der Waals surface area contributed by atoms with Crippen molar-refractivity contribution in [2.45, 2.75) is 0 Å². The Balaban J connectivity index is 1.62. The lowest BCUT2D eigenvalue weighted by molar-refractivity contribution is -0.138. The maximum Gasteiger partial charge on any atom is 0.277 e. The first kappa shape index (κ1) is 20.1. The van der Waals surface area contributed by atoms with Crippen molar-refractivity contribution in [2.75, 3.05) is 51.3 Å². The lowest BCUT2D eigenvalue weighted by Gasteiger charge is -2.37. The van der Waals surface area contributed by atoms with E-state index in [1.807, 2.05) is 23.1 Å². The lowest BCUT2D eigenvalue weighted by Crippen LogP contribution is -2.47. The van der Waals surface area contributed by atoms with Crippen LogP contribution in [0.2, 0.25) is 0 Å². The molecule has 4 rings (SSSR count). The van der Waals surface area contributed by atoms with Crippen LogP contribution in [-0.2, 0) is 14.3 Å². The quantitative estimate of drug-likeness (QED) is 0.686. The summed E-state index contributed by atoms with van der Waals surface area (Å²) in [5, 5.41) is 0. The van der Waals surface area contributed by atoms with Crippen LogP contribution in [0.5, 0.6) is 0 Å². The number of hydrogen-bond acceptors (Lipinski definition) is 5. The van der Waals surface area contributed by atoms with E-state index in [2.05, 4.69) is 17.0 Å². The first-order valence-electron chi connectivity index (χ1n) is 10.0. The topological polar surface area (TPSA) is 53.1 Å². The van der Waals surface area contributed by atoms with Crippen molar-refractivity contribution in [3.63, 3.8) is 0 Å². The predicted molar refractivity (Wildman–Crippen MR) is 112 cm³/mol. The number of carbonyl (C=O) groups is 2. The van der Waals surface area contributed by atoms with Crippen molar-refractivity contribution in [2.24, 2.45) is 0 Å². The Morgan fingerprint density at radius 3 is 2.13 bits per heavy atom. The minimum absolute atomic E-state index is 0.187. The number of rotatable bonds is 6. The molecule has 2 amide bonds. The Bertz CT molecular complexity index is 951. The Morgan fingerprint density at radius 2 is 1.50 bits per heavy atom. The zero-order chi connectivity index (χ0) is 21.1. The minimum atomic E-state index is -0.384. The zero-order valence-electron chi connectivity index (χ0n) is 16.9. The second-order valence-electron chi connectivity index (χ2n) is 7.29. The van der Waals surface area contributed by atoms with Gasteiger partial charge in [0.1, 0.15) is 11.5 Å². The molecular formula is C23H24FN3O3. The highest BCUT2D eigenvalue weighted by atomic mass is 19.1. The second kappa shape index (κ2) is 8.67. The lowest BCUT2D eigenvalue weighted by atomic mass is 10.0. The molecule has 0 N–H and O–H groups in total. The SMILES string of the molecule is COCCN1C(=O)C(c2ccc(F)cc2)=C(N2CCN(c3ccccc3)CC2)C1=O. The van der Waals surface area contributed by atoms with Crippen LogP contribution >= 0.6 is 0 Å². The van der Waals surface area contributed by atoms with E-state index in [0.29, 0.717) is 29.9 Å². The van der Waals surface area contributed by atoms with E-state index in [0.717, 1.165) is 18.8 Å². The molecule has 0 bridgehead atoms. The van der Waals surface area contributed by atoms with Gasteiger partial charge in [0.25, 0.3) is 11.8 Å². The molecule has 156 valence electrons. The number of amides is 2. The fraction of sp³-hybridized carbons (Fsp3) is 0.304. The summed E-state index contributed by atoms with van der Waals surface area (Å²) in [7, 11) is 1.53. The van der Waals surface area contributed by atoms with Crippen molar-refractivity contribution in [3.05, 3.63) is 71.7 Å². The minimum Gasteiger partial charge on any atom is -0.383 e. The molecule has 0 aromatic heterocycles. The van der Waals surface area contributed by atoms with E-state index in [9.17, 15) is 14.0 Å². The van der Waals surface area contributed by atoms with Gasteiger partial charge in [-0.25, -0.2) is 4.39 Å². The summed E-state index contributed by atoms with van der Waals surface area (Å²) in [5.41, 5.74) is 2.43. The maximum atomic E-state index is 13.4. The molecule has 0 radical (unpaired) electrons. The molecule has 0 atom stereocenters. The molecule has 1 fully saturated rings. The smallest absolute Gasteiger partial charge is 0.277 e. The molecule has 6 nitrogen and oxygen atoms in total. The number of methoxy groups -OCH3 is 1. The first-order valence-corrected chi connectivity index (χ1v) is 10.0. The zero-order valence-corrected chi connectivity index (χ0v) is 16.9. The summed E-state index contributed by atoms with van der Waals surface area (Å²) in [6, 6.07) is 15.8. The van der Waals surface area contributed by atoms with E-state index in [4.69, 9.17) is 4.74 Å². The number of benzene rings is 2. The molecule has 2 aromatic carbocycles. The summed E-state index contributed by atoms with van der Waals surface area (Å²) >= 11 is 0. The van der Waals surface area contributed by atoms with Crippen molar-refractivity contribution < 1.29 is 18.7 Å². The highest BCUT2D eigenvalue weighted by molar-refractivity contribution is 6.35. The average Bonchev–Trinajstić information content (AvgIpc) is 3.03. The first-order chi connectivity index (χ1) is 14.6. The summed E-state index contributed by atoms with van der Waals surface area (Å²) in [4.78, 5) is 31.8. The van der Waals surface area contributed by atoms with Gasteiger partial charge in [-0.1, -0.05) is 30.3 Å². The number of para-hydroxylation sites is 1. The van der Waals surface area contributed by atoms with Crippen LogP contribution < -0.4 is 4.90 Å². The summed E-state index contributed by atoms with van der Waals surface area (Å²) < 4.78 is 18.5. The number of hydrogen-bond donors (Lipinski definition) is 0. The van der Waals surface area contributed by atoms with Crippen LogP contribution in [0.15, 0.2) is 60.3 Å². The van der Waals surface area contributed by atoms with E-state index in [1.54, 1.807) is 12.1 Å². The van der Waals surface area contributed by atoms with Gasteiger partial charge in [0.15, 0.2) is 0 Å². The number of halogens is 1. The fourth-order valence-corrected chi connectivity index (χ4v) is 3.95. The van der Waals surface area contributed by atoms with Crippen molar-refractivity contribution >= 4 is 23.1 Å². The fourth-order valence-electron chi connectivity index (χ4n) is 3.95. The summed E-state index contributed by atoms with van der Waals surface area (Å²) in [5.74, 6) is -1.06.